The van der Waals surface area contributed by atoms with Crippen LogP contribution in [0.2, 0.25) is 0 Å². The maximum absolute atomic E-state index is 12.6. The molecule has 0 saturated carbocycles. The average molecular weight is 1160 g/mol. The smallest absolute Gasteiger partial charge is 0.193 e. The highest BCUT2D eigenvalue weighted by Crippen LogP contribution is 2.38. The molecule has 2 N–H and O–H groups in total. The van der Waals surface area contributed by atoms with E-state index in [1.165, 1.54) is 48.5 Å². The van der Waals surface area contributed by atoms with Crippen LogP contribution in [0.1, 0.15) is 90.6 Å². The third kappa shape index (κ3) is 25.8. The summed E-state index contributed by atoms with van der Waals surface area (Å²) in [7, 11) is 0. The van der Waals surface area contributed by atoms with Crippen molar-refractivity contribution in [1.29, 1.82) is 0 Å². The van der Waals surface area contributed by atoms with Gasteiger partial charge in [-0.1, -0.05) is 159 Å². The molecule has 0 aliphatic heterocycles. The van der Waals surface area contributed by atoms with Crippen LogP contribution in [-0.4, -0.2) is 54.8 Å². The molecule has 7 aromatic carbocycles. The number of carbonyl (C=O) groups excluding carboxylic acids is 2. The molecule has 446 valence electrons. The number of carbonyl (C=O) groups is 2. The zero-order valence-electron chi connectivity index (χ0n) is 48.9. The summed E-state index contributed by atoms with van der Waals surface area (Å²) in [5.74, 6) is 1.90. The molecular formula is C76H80F2O8. The van der Waals surface area contributed by atoms with Crippen molar-refractivity contribution in [1.82, 2.24) is 0 Å². The fraction of sp³-hybridized carbons (Fsp3) is 0.158. The van der Waals surface area contributed by atoms with Crippen LogP contribution in [0.15, 0.2) is 297 Å². The lowest BCUT2D eigenvalue weighted by Crippen LogP contribution is -2.28. The van der Waals surface area contributed by atoms with Gasteiger partial charge in [-0.15, -0.1) is 0 Å². The molecule has 0 unspecified atom stereocenters. The first-order chi connectivity index (χ1) is 41.5. The van der Waals surface area contributed by atoms with Crippen molar-refractivity contribution in [3.8, 4) is 23.0 Å². The van der Waals surface area contributed by atoms with Gasteiger partial charge in [0.1, 0.15) is 66.7 Å². The summed E-state index contributed by atoms with van der Waals surface area (Å²) >= 11 is 0. The normalized spacial score (nSPS) is 11.5. The van der Waals surface area contributed by atoms with E-state index in [-0.39, 0.29) is 25.6 Å². The lowest BCUT2D eigenvalue weighted by molar-refractivity contribution is 0.103. The number of ether oxygens (including phenoxy) is 4. The molecule has 0 amide bonds. The van der Waals surface area contributed by atoms with Crippen molar-refractivity contribution in [2.75, 3.05) is 33.0 Å². The molecule has 0 spiro atoms. The summed E-state index contributed by atoms with van der Waals surface area (Å²) in [6.45, 7) is 11.9. The minimum absolute atomic E-state index is 0. The molecule has 0 atom stereocenters. The van der Waals surface area contributed by atoms with Crippen LogP contribution < -0.4 is 18.9 Å². The van der Waals surface area contributed by atoms with Crippen molar-refractivity contribution in [2.45, 2.75) is 47.6 Å². The van der Waals surface area contributed by atoms with Gasteiger partial charge in [0.15, 0.2) is 11.6 Å². The Balaban J connectivity index is 0.000000332. The SMILES string of the molecule is C.C/C=C/C=C/CO.C/C=C/C=C/COc1ccc(C(=O)c2ccc(OC/C=C/C=C/C)cc2)cc1.C/C=C/C=C/COc1ccc(C(O)(c2ccccc2)c2ccc(OC/C=C/C=C/C)cc2)cc1.O=C(c1ccc(F)cc1)c1ccc(F)cc1. The Morgan fingerprint density at radius 3 is 0.872 bits per heavy atom. The van der Waals surface area contributed by atoms with E-state index in [0.717, 1.165) is 39.7 Å². The zero-order valence-corrected chi connectivity index (χ0v) is 48.9. The second-order valence-electron chi connectivity index (χ2n) is 18.0. The number of benzene rings is 7. The molecule has 0 fully saturated rings. The number of hydrogen-bond donors (Lipinski definition) is 2. The first kappa shape index (κ1) is 70.5. The number of aliphatic hydroxyl groups is 2. The Hall–Kier alpha value is -9.74. The Morgan fingerprint density at radius 1 is 0.360 bits per heavy atom. The summed E-state index contributed by atoms with van der Waals surface area (Å²) in [4.78, 5) is 24.4. The summed E-state index contributed by atoms with van der Waals surface area (Å²) < 4.78 is 48.1. The lowest BCUT2D eigenvalue weighted by Gasteiger charge is -2.30. The van der Waals surface area contributed by atoms with E-state index in [4.69, 9.17) is 24.1 Å². The second-order valence-corrected chi connectivity index (χ2v) is 18.0. The first-order valence-corrected chi connectivity index (χ1v) is 27.8. The van der Waals surface area contributed by atoms with Gasteiger partial charge in [0, 0.05) is 22.3 Å². The van der Waals surface area contributed by atoms with Crippen LogP contribution in [0.4, 0.5) is 8.78 Å². The molecule has 8 nitrogen and oxygen atoms in total. The number of rotatable bonds is 25. The molecule has 0 bridgehead atoms. The van der Waals surface area contributed by atoms with Gasteiger partial charge < -0.3 is 29.2 Å². The molecule has 0 radical (unpaired) electrons. The number of allylic oxidation sites excluding steroid dienone is 15. The zero-order chi connectivity index (χ0) is 61.2. The Morgan fingerprint density at radius 2 is 0.605 bits per heavy atom. The molecule has 0 aliphatic rings. The molecule has 7 aromatic rings. The lowest BCUT2D eigenvalue weighted by atomic mass is 9.80. The maximum Gasteiger partial charge on any atom is 0.193 e. The van der Waals surface area contributed by atoms with Gasteiger partial charge in [-0.2, -0.15) is 0 Å². The highest BCUT2D eigenvalue weighted by Gasteiger charge is 2.34. The second kappa shape index (κ2) is 42.1. The molecular weight excluding hydrogens is 1080 g/mol. The van der Waals surface area contributed by atoms with Crippen LogP contribution in [-0.2, 0) is 5.60 Å². The van der Waals surface area contributed by atoms with E-state index in [1.54, 1.807) is 36.4 Å². The van der Waals surface area contributed by atoms with Crippen LogP contribution in [0.5, 0.6) is 23.0 Å². The topological polar surface area (TPSA) is 112 Å². The Labute approximate surface area is 508 Å². The average Bonchev–Trinajstić information content (AvgIpc) is 3.73. The van der Waals surface area contributed by atoms with E-state index in [2.05, 4.69) is 0 Å². The van der Waals surface area contributed by atoms with Crippen molar-refractivity contribution >= 4 is 11.6 Å². The summed E-state index contributed by atoms with van der Waals surface area (Å²) in [5.41, 5.74) is 3.02. The largest absolute Gasteiger partial charge is 0.490 e. The number of halogens is 2. The third-order valence-electron chi connectivity index (χ3n) is 11.9. The van der Waals surface area contributed by atoms with Gasteiger partial charge in [0.25, 0.3) is 0 Å². The Bertz CT molecular complexity index is 3120. The molecule has 0 aromatic heterocycles. The van der Waals surface area contributed by atoms with Crippen LogP contribution >= 0.6 is 0 Å². The minimum Gasteiger partial charge on any atom is -0.490 e. The fourth-order valence-electron chi connectivity index (χ4n) is 7.51. The van der Waals surface area contributed by atoms with E-state index in [9.17, 15) is 23.5 Å². The van der Waals surface area contributed by atoms with E-state index < -0.39 is 17.2 Å². The minimum atomic E-state index is -1.31. The van der Waals surface area contributed by atoms with E-state index in [0.29, 0.717) is 48.7 Å². The van der Waals surface area contributed by atoms with Crippen LogP contribution in [0, 0.1) is 11.6 Å². The van der Waals surface area contributed by atoms with Crippen molar-refractivity contribution in [3.05, 3.63) is 348 Å². The molecule has 86 heavy (non-hydrogen) atoms. The van der Waals surface area contributed by atoms with Crippen LogP contribution in [0.3, 0.4) is 0 Å². The predicted molar refractivity (Wildman–Crippen MR) is 350 cm³/mol. The van der Waals surface area contributed by atoms with Crippen molar-refractivity contribution in [2.24, 2.45) is 0 Å². The number of hydrogen-bond acceptors (Lipinski definition) is 8. The number of ketones is 2. The van der Waals surface area contributed by atoms with Gasteiger partial charge in [-0.05, 0) is 197 Å². The van der Waals surface area contributed by atoms with Gasteiger partial charge >= 0.3 is 0 Å². The quantitative estimate of drug-likeness (QED) is 0.0331. The van der Waals surface area contributed by atoms with Crippen molar-refractivity contribution in [3.63, 3.8) is 0 Å². The third-order valence-corrected chi connectivity index (χ3v) is 11.9. The summed E-state index contributed by atoms with van der Waals surface area (Å²) in [6, 6.07) is 49.8. The van der Waals surface area contributed by atoms with Gasteiger partial charge in [0.2, 0.25) is 0 Å². The standard InChI is InChI=1S/C31H32O3.C25H26O3.C13H8F2O.C6H10O.CH4/c1-3-5-7-12-24-33-29-20-16-27(17-21-29)31(32,26-14-10-9-11-15-26)28-18-22-30(23-19-28)34-25-13-8-6-4-2;1-3-5-7-9-19-27-23-15-11-21(12-16-23)25(26)22-13-17-24(18-14-22)28-20-10-8-6-4-2;14-11-5-1-9(2-6-11)13(16)10-3-7-12(15)8-4-10;1-2-3-4-5-6-7;/h3-23,32H,24-25H2,1-2H3;3-18H,19-20H2,1-2H3;1-8H;2-5,7H,6H2,1H3;1H4/b5-3+,6-4+,12-7+,13-8+;5-3+,6-4+,9-7+,10-8+;;3-2+,5-4+;. The summed E-state index contributed by atoms with van der Waals surface area (Å²) in [6.07, 6.45) is 38.5. The van der Waals surface area contributed by atoms with Gasteiger partial charge in [-0.3, -0.25) is 9.59 Å². The Kier molecular flexibility index (Phi) is 34.5. The van der Waals surface area contributed by atoms with Crippen molar-refractivity contribution < 1.29 is 47.5 Å². The fourth-order valence-corrected chi connectivity index (χ4v) is 7.51. The van der Waals surface area contributed by atoms with Gasteiger partial charge in [-0.25, -0.2) is 8.78 Å². The summed E-state index contributed by atoms with van der Waals surface area (Å²) in [5, 5.41) is 20.2. The first-order valence-electron chi connectivity index (χ1n) is 27.8. The number of aliphatic hydroxyl groups excluding tert-OH is 1. The van der Waals surface area contributed by atoms with Crippen LogP contribution in [0.25, 0.3) is 0 Å². The van der Waals surface area contributed by atoms with Gasteiger partial charge in [0.05, 0.1) is 6.61 Å². The molecule has 7 rings (SSSR count). The highest BCUT2D eigenvalue weighted by molar-refractivity contribution is 6.09. The molecule has 10 heteroatoms. The molecule has 0 saturated heterocycles. The molecule has 0 aliphatic carbocycles. The monoisotopic (exact) mass is 1160 g/mol. The highest BCUT2D eigenvalue weighted by atomic mass is 19.1. The van der Waals surface area contributed by atoms with E-state index in [1.807, 2.05) is 247 Å². The van der Waals surface area contributed by atoms with E-state index >= 15 is 0 Å². The maximum atomic E-state index is 12.6. The molecule has 0 heterocycles. The predicted octanol–water partition coefficient (Wildman–Crippen LogP) is 17.9.